The number of ketones is 1. The number of rotatable bonds is 3. The third-order valence-corrected chi connectivity index (χ3v) is 3.77. The zero-order valence-electron chi connectivity index (χ0n) is 11.8. The minimum absolute atomic E-state index is 0.184. The monoisotopic (exact) mass is 284 g/mol. The van der Waals surface area contributed by atoms with Gasteiger partial charge in [-0.25, -0.2) is 4.79 Å². The van der Waals surface area contributed by atoms with Gasteiger partial charge in [-0.1, -0.05) is 12.1 Å². The highest BCUT2D eigenvalue weighted by atomic mass is 16.5. The Kier molecular flexibility index (Phi) is 3.56. The zero-order valence-corrected chi connectivity index (χ0v) is 11.8. The molecule has 0 saturated carbocycles. The Morgan fingerprint density at radius 1 is 1.29 bits per heavy atom. The van der Waals surface area contributed by atoms with Crippen molar-refractivity contribution in [1.82, 2.24) is 9.78 Å². The van der Waals surface area contributed by atoms with Gasteiger partial charge >= 0.3 is 5.97 Å². The first kappa shape index (κ1) is 13.5. The van der Waals surface area contributed by atoms with Crippen molar-refractivity contribution in [2.75, 3.05) is 7.11 Å². The first-order valence-electron chi connectivity index (χ1n) is 6.94. The van der Waals surface area contributed by atoms with Gasteiger partial charge in [0.15, 0.2) is 5.78 Å². The zero-order chi connectivity index (χ0) is 14.8. The molecule has 0 saturated heterocycles. The van der Waals surface area contributed by atoms with Gasteiger partial charge < -0.3 is 4.74 Å². The fourth-order valence-electron chi connectivity index (χ4n) is 2.63. The number of methoxy groups -OCH3 is 1. The molecule has 3 rings (SSSR count). The van der Waals surface area contributed by atoms with Gasteiger partial charge in [0.1, 0.15) is 0 Å². The third kappa shape index (κ3) is 2.59. The van der Waals surface area contributed by atoms with Crippen LogP contribution in [0, 0.1) is 0 Å². The number of ether oxygens (including phenoxy) is 1. The number of carbonyl (C=O) groups is 2. The lowest BCUT2D eigenvalue weighted by atomic mass is 9.97. The second-order valence-electron chi connectivity index (χ2n) is 5.13. The van der Waals surface area contributed by atoms with Gasteiger partial charge in [-0.2, -0.15) is 5.10 Å². The second kappa shape index (κ2) is 5.52. The van der Waals surface area contributed by atoms with Crippen molar-refractivity contribution in [1.29, 1.82) is 0 Å². The van der Waals surface area contributed by atoms with Gasteiger partial charge in [0.05, 0.1) is 31.0 Å². The molecule has 5 nitrogen and oxygen atoms in total. The minimum Gasteiger partial charge on any atom is -0.465 e. The van der Waals surface area contributed by atoms with Crippen molar-refractivity contribution < 1.29 is 14.3 Å². The molecule has 1 aromatic heterocycles. The lowest BCUT2D eigenvalue weighted by molar-refractivity contribution is 0.0600. The molecular weight excluding hydrogens is 268 g/mol. The molecule has 21 heavy (non-hydrogen) atoms. The molecule has 5 heteroatoms. The molecule has 0 atom stereocenters. The van der Waals surface area contributed by atoms with E-state index in [1.54, 1.807) is 18.3 Å². The molecule has 0 amide bonds. The van der Waals surface area contributed by atoms with Crippen molar-refractivity contribution in [3.63, 3.8) is 0 Å². The number of nitrogens with zero attached hydrogens (tertiary/aromatic N) is 2. The van der Waals surface area contributed by atoms with Crippen LogP contribution in [0.4, 0.5) is 0 Å². The SMILES string of the molecule is COC(=O)c1ccc(Cn2ncc3c2CCCC3=O)cc1. The van der Waals surface area contributed by atoms with E-state index in [9.17, 15) is 9.59 Å². The number of fused-ring (bicyclic) bond motifs is 1. The number of hydrogen-bond acceptors (Lipinski definition) is 4. The third-order valence-electron chi connectivity index (χ3n) is 3.77. The van der Waals surface area contributed by atoms with Gasteiger partial charge in [0.25, 0.3) is 0 Å². The van der Waals surface area contributed by atoms with Gasteiger partial charge in [-0.05, 0) is 30.5 Å². The van der Waals surface area contributed by atoms with Crippen LogP contribution < -0.4 is 0 Å². The van der Waals surface area contributed by atoms with E-state index in [0.717, 1.165) is 29.7 Å². The fourth-order valence-corrected chi connectivity index (χ4v) is 2.63. The summed E-state index contributed by atoms with van der Waals surface area (Å²) in [5.41, 5.74) is 3.33. The Balaban J connectivity index is 1.81. The van der Waals surface area contributed by atoms with Crippen LogP contribution in [-0.2, 0) is 17.7 Å². The number of esters is 1. The summed E-state index contributed by atoms with van der Waals surface area (Å²) in [7, 11) is 1.36. The molecule has 0 radical (unpaired) electrons. The van der Waals surface area contributed by atoms with Crippen molar-refractivity contribution >= 4 is 11.8 Å². The lowest BCUT2D eigenvalue weighted by Gasteiger charge is -2.13. The van der Waals surface area contributed by atoms with Crippen LogP contribution in [0.5, 0.6) is 0 Å². The summed E-state index contributed by atoms with van der Waals surface area (Å²) >= 11 is 0. The summed E-state index contributed by atoms with van der Waals surface area (Å²) in [5.74, 6) is -0.160. The highest BCUT2D eigenvalue weighted by Gasteiger charge is 2.21. The van der Waals surface area contributed by atoms with Gasteiger partial charge in [0.2, 0.25) is 0 Å². The number of carbonyl (C=O) groups excluding carboxylic acids is 2. The van der Waals surface area contributed by atoms with Crippen LogP contribution in [0.15, 0.2) is 30.5 Å². The Morgan fingerprint density at radius 2 is 2.05 bits per heavy atom. The highest BCUT2D eigenvalue weighted by molar-refractivity contribution is 5.97. The van der Waals surface area contributed by atoms with E-state index in [4.69, 9.17) is 0 Å². The van der Waals surface area contributed by atoms with E-state index < -0.39 is 0 Å². The molecule has 2 aromatic rings. The van der Waals surface area contributed by atoms with Crippen molar-refractivity contribution in [3.8, 4) is 0 Å². The predicted octanol–water partition coefficient (Wildman–Crippen LogP) is 2.24. The summed E-state index contributed by atoms with van der Waals surface area (Å²) in [6, 6.07) is 7.24. The van der Waals surface area contributed by atoms with Crippen LogP contribution in [-0.4, -0.2) is 28.6 Å². The van der Waals surface area contributed by atoms with E-state index in [-0.39, 0.29) is 11.8 Å². The molecular formula is C16H16N2O3. The standard InChI is InChI=1S/C16H16N2O3/c1-21-16(20)12-7-5-11(6-8-12)10-18-14-3-2-4-15(19)13(14)9-17-18/h5-9H,2-4,10H2,1H3. The molecule has 0 bridgehead atoms. The Bertz CT molecular complexity index is 686. The van der Waals surface area contributed by atoms with E-state index in [0.29, 0.717) is 18.5 Å². The molecule has 0 N–H and O–H groups in total. The summed E-state index contributed by atoms with van der Waals surface area (Å²) < 4.78 is 6.55. The largest absolute Gasteiger partial charge is 0.465 e. The van der Waals surface area contributed by atoms with E-state index in [1.807, 2.05) is 16.8 Å². The Labute approximate surface area is 122 Å². The van der Waals surface area contributed by atoms with E-state index in [2.05, 4.69) is 9.84 Å². The molecule has 0 unspecified atom stereocenters. The van der Waals surface area contributed by atoms with Crippen LogP contribution in [0.1, 0.15) is 44.8 Å². The summed E-state index contributed by atoms with van der Waals surface area (Å²) in [6.45, 7) is 0.601. The summed E-state index contributed by atoms with van der Waals surface area (Å²) in [4.78, 5) is 23.2. The van der Waals surface area contributed by atoms with E-state index >= 15 is 0 Å². The Morgan fingerprint density at radius 3 is 2.76 bits per heavy atom. The van der Waals surface area contributed by atoms with Crippen LogP contribution in [0.3, 0.4) is 0 Å². The first-order valence-corrected chi connectivity index (χ1v) is 6.94. The molecule has 0 aliphatic heterocycles. The maximum atomic E-state index is 11.8. The van der Waals surface area contributed by atoms with Crippen molar-refractivity contribution in [2.24, 2.45) is 0 Å². The molecule has 1 aliphatic carbocycles. The molecule has 1 heterocycles. The summed E-state index contributed by atoms with van der Waals surface area (Å²) in [6.07, 6.45) is 4.06. The average Bonchev–Trinajstić information content (AvgIpc) is 2.92. The van der Waals surface area contributed by atoms with Crippen molar-refractivity contribution in [3.05, 3.63) is 52.8 Å². The van der Waals surface area contributed by atoms with E-state index in [1.165, 1.54) is 7.11 Å². The molecule has 0 spiro atoms. The molecule has 0 fully saturated rings. The van der Waals surface area contributed by atoms with Gasteiger partial charge in [-0.3, -0.25) is 9.48 Å². The minimum atomic E-state index is -0.344. The van der Waals surface area contributed by atoms with Gasteiger partial charge in [-0.15, -0.1) is 0 Å². The molecule has 108 valence electrons. The number of aromatic nitrogens is 2. The van der Waals surface area contributed by atoms with Crippen LogP contribution >= 0.6 is 0 Å². The van der Waals surface area contributed by atoms with Gasteiger partial charge in [0, 0.05) is 12.1 Å². The normalized spacial score (nSPS) is 13.9. The maximum Gasteiger partial charge on any atom is 0.337 e. The Hall–Kier alpha value is -2.43. The predicted molar refractivity (Wildman–Crippen MR) is 76.4 cm³/mol. The average molecular weight is 284 g/mol. The number of benzene rings is 1. The number of hydrogen-bond donors (Lipinski definition) is 0. The highest BCUT2D eigenvalue weighted by Crippen LogP contribution is 2.21. The first-order chi connectivity index (χ1) is 10.2. The van der Waals surface area contributed by atoms with Crippen molar-refractivity contribution in [2.45, 2.75) is 25.8 Å². The fraction of sp³-hybridized carbons (Fsp3) is 0.312. The smallest absolute Gasteiger partial charge is 0.337 e. The lowest BCUT2D eigenvalue weighted by Crippen LogP contribution is -2.14. The van der Waals surface area contributed by atoms with Crippen LogP contribution in [0.2, 0.25) is 0 Å². The molecule has 1 aliphatic rings. The second-order valence-corrected chi connectivity index (χ2v) is 5.13. The molecule has 1 aromatic carbocycles. The summed E-state index contributed by atoms with van der Waals surface area (Å²) in [5, 5.41) is 4.32. The topological polar surface area (TPSA) is 61.2 Å². The van der Waals surface area contributed by atoms with Crippen LogP contribution in [0.25, 0.3) is 0 Å². The maximum absolute atomic E-state index is 11.8. The number of Topliss-reactive ketones (excluding diaryl/α,β-unsaturated/α-hetero) is 1. The quantitative estimate of drug-likeness (QED) is 0.811.